The molecule has 284 valence electrons. The van der Waals surface area contributed by atoms with Crippen LogP contribution in [0.25, 0.3) is 32.7 Å². The summed E-state index contributed by atoms with van der Waals surface area (Å²) in [5.41, 5.74) is 23.7. The van der Waals surface area contributed by atoms with Crippen LogP contribution in [0.5, 0.6) is 0 Å². The second-order valence-electron chi connectivity index (χ2n) is 16.9. The molecular formula is C56H50N2. The summed E-state index contributed by atoms with van der Waals surface area (Å²) in [6, 6.07) is 54.9. The van der Waals surface area contributed by atoms with Gasteiger partial charge in [0.1, 0.15) is 0 Å². The summed E-state index contributed by atoms with van der Waals surface area (Å²) in [6.07, 6.45) is 4.27. The van der Waals surface area contributed by atoms with Gasteiger partial charge in [-0.1, -0.05) is 95.1 Å². The molecule has 10 rings (SSSR count). The normalized spacial score (nSPS) is 13.3. The van der Waals surface area contributed by atoms with Crippen molar-refractivity contribution in [3.8, 4) is 0 Å². The van der Waals surface area contributed by atoms with E-state index in [1.807, 2.05) is 0 Å². The van der Waals surface area contributed by atoms with E-state index < -0.39 is 0 Å². The monoisotopic (exact) mass is 750 g/mol. The molecular weight excluding hydrogens is 701 g/mol. The fourth-order valence-electron chi connectivity index (χ4n) is 9.70. The van der Waals surface area contributed by atoms with Crippen molar-refractivity contribution in [3.05, 3.63) is 201 Å². The number of anilines is 6. The third-order valence-electron chi connectivity index (χ3n) is 12.9. The average Bonchev–Trinajstić information content (AvgIpc) is 3.87. The minimum absolute atomic E-state index is 1.06. The van der Waals surface area contributed by atoms with Crippen molar-refractivity contribution in [2.45, 2.75) is 67.2 Å². The minimum Gasteiger partial charge on any atom is -0.310 e. The Balaban J connectivity index is 1.03. The molecule has 8 aromatic rings. The van der Waals surface area contributed by atoms with Crippen LogP contribution in [0.4, 0.5) is 34.1 Å². The first-order chi connectivity index (χ1) is 28.2. The summed E-state index contributed by atoms with van der Waals surface area (Å²) in [7, 11) is 0. The van der Waals surface area contributed by atoms with E-state index in [-0.39, 0.29) is 0 Å². The van der Waals surface area contributed by atoms with Crippen molar-refractivity contribution in [1.29, 1.82) is 0 Å². The molecule has 2 nitrogen and oxygen atoms in total. The Hall–Kier alpha value is -6.38. The van der Waals surface area contributed by atoms with Gasteiger partial charge in [0.15, 0.2) is 0 Å². The Morgan fingerprint density at radius 3 is 0.966 bits per heavy atom. The van der Waals surface area contributed by atoms with Gasteiger partial charge in [0.25, 0.3) is 0 Å². The summed E-state index contributed by atoms with van der Waals surface area (Å²) < 4.78 is 0. The van der Waals surface area contributed by atoms with Crippen LogP contribution < -0.4 is 9.80 Å². The smallest absolute Gasteiger partial charge is 0.0470 e. The Labute approximate surface area is 343 Å². The second-order valence-corrected chi connectivity index (χ2v) is 16.9. The molecule has 0 heterocycles. The molecule has 2 aliphatic carbocycles. The van der Waals surface area contributed by atoms with E-state index in [2.05, 4.69) is 197 Å². The standard InChI is InChI=1S/C56H50N2/c1-35-7-19-45(20-8-35)57(46-21-9-36(2)10-22-46)49-31-41-15-27-51(53-29-17-43(33-49)55(41)53)39(5)40(6)52-28-16-42-32-50(34-44-18-30-54(52)56(42)44)58(47-23-11-37(3)12-24-47)48-25-13-38(4)14-26-48/h7-16,19-28,31-34H,17-18,29-30H2,1-6H3. The van der Waals surface area contributed by atoms with Crippen LogP contribution in [0, 0.1) is 27.7 Å². The van der Waals surface area contributed by atoms with Crippen molar-refractivity contribution in [2.75, 3.05) is 9.80 Å². The van der Waals surface area contributed by atoms with Crippen LogP contribution in [0.1, 0.15) is 69.5 Å². The summed E-state index contributed by atoms with van der Waals surface area (Å²) in [5.74, 6) is 0. The average molecular weight is 751 g/mol. The Morgan fingerprint density at radius 2 is 0.655 bits per heavy atom. The van der Waals surface area contributed by atoms with Crippen molar-refractivity contribution >= 4 is 66.8 Å². The van der Waals surface area contributed by atoms with Gasteiger partial charge in [-0.05, 0) is 206 Å². The number of hydrogen-bond acceptors (Lipinski definition) is 2. The highest BCUT2D eigenvalue weighted by atomic mass is 15.1. The maximum Gasteiger partial charge on any atom is 0.0470 e. The molecule has 0 saturated carbocycles. The third-order valence-corrected chi connectivity index (χ3v) is 12.9. The predicted molar refractivity (Wildman–Crippen MR) is 249 cm³/mol. The van der Waals surface area contributed by atoms with Gasteiger partial charge in [-0.3, -0.25) is 0 Å². The van der Waals surface area contributed by atoms with Gasteiger partial charge in [0.05, 0.1) is 0 Å². The molecule has 2 aliphatic rings. The van der Waals surface area contributed by atoms with Gasteiger partial charge >= 0.3 is 0 Å². The predicted octanol–water partition coefficient (Wildman–Crippen LogP) is 15.3. The number of rotatable bonds is 8. The number of aryl methyl sites for hydroxylation is 8. The van der Waals surface area contributed by atoms with Gasteiger partial charge in [-0.25, -0.2) is 0 Å². The van der Waals surface area contributed by atoms with E-state index in [1.54, 1.807) is 0 Å². The zero-order valence-electron chi connectivity index (χ0n) is 34.6. The zero-order valence-corrected chi connectivity index (χ0v) is 34.6. The first-order valence-corrected chi connectivity index (χ1v) is 20.9. The highest BCUT2D eigenvalue weighted by Gasteiger charge is 2.25. The maximum atomic E-state index is 2.45. The molecule has 8 aromatic carbocycles. The van der Waals surface area contributed by atoms with E-state index >= 15 is 0 Å². The molecule has 2 heteroatoms. The lowest BCUT2D eigenvalue weighted by atomic mass is 9.88. The fraction of sp³-hybridized carbons (Fsp3) is 0.179. The Morgan fingerprint density at radius 1 is 0.345 bits per heavy atom. The van der Waals surface area contributed by atoms with Gasteiger partial charge in [-0.2, -0.15) is 0 Å². The van der Waals surface area contributed by atoms with E-state index in [1.165, 1.54) is 122 Å². The summed E-state index contributed by atoms with van der Waals surface area (Å²) >= 11 is 0. The molecule has 0 saturated heterocycles. The highest BCUT2D eigenvalue weighted by molar-refractivity contribution is 6.04. The fourth-order valence-corrected chi connectivity index (χ4v) is 9.70. The Bertz CT molecular complexity index is 2620. The second kappa shape index (κ2) is 14.2. The Kier molecular flexibility index (Phi) is 8.82. The van der Waals surface area contributed by atoms with Gasteiger partial charge in [0, 0.05) is 34.1 Å². The molecule has 0 atom stereocenters. The summed E-state index contributed by atoms with van der Waals surface area (Å²) in [4.78, 5) is 4.83. The molecule has 0 bridgehead atoms. The van der Waals surface area contributed by atoms with Gasteiger partial charge < -0.3 is 9.80 Å². The van der Waals surface area contributed by atoms with Gasteiger partial charge in [-0.15, -0.1) is 0 Å². The van der Waals surface area contributed by atoms with Crippen LogP contribution in [-0.2, 0) is 25.7 Å². The van der Waals surface area contributed by atoms with Crippen LogP contribution in [0.3, 0.4) is 0 Å². The first kappa shape index (κ1) is 36.0. The third kappa shape index (κ3) is 6.19. The zero-order chi connectivity index (χ0) is 39.7. The lowest BCUT2D eigenvalue weighted by Crippen LogP contribution is -2.10. The molecule has 0 radical (unpaired) electrons. The van der Waals surface area contributed by atoms with E-state index in [0.29, 0.717) is 0 Å². The highest BCUT2D eigenvalue weighted by Crippen LogP contribution is 2.46. The van der Waals surface area contributed by atoms with Crippen LogP contribution in [-0.4, -0.2) is 0 Å². The lowest BCUT2D eigenvalue weighted by Gasteiger charge is -2.27. The van der Waals surface area contributed by atoms with Crippen molar-refractivity contribution in [3.63, 3.8) is 0 Å². The van der Waals surface area contributed by atoms with Crippen LogP contribution in [0.2, 0.25) is 0 Å². The quantitative estimate of drug-likeness (QED) is 0.143. The molecule has 0 amide bonds. The molecule has 0 aromatic heterocycles. The van der Waals surface area contributed by atoms with E-state index in [9.17, 15) is 0 Å². The van der Waals surface area contributed by atoms with Crippen molar-refractivity contribution < 1.29 is 0 Å². The molecule has 0 aliphatic heterocycles. The molecule has 0 N–H and O–H groups in total. The lowest BCUT2D eigenvalue weighted by molar-refractivity contribution is 1.02. The largest absolute Gasteiger partial charge is 0.310 e. The number of allylic oxidation sites excluding steroid dienone is 2. The van der Waals surface area contributed by atoms with Crippen molar-refractivity contribution in [1.82, 2.24) is 0 Å². The summed E-state index contributed by atoms with van der Waals surface area (Å²) in [6.45, 7) is 13.3. The number of benzene rings is 8. The molecule has 0 spiro atoms. The number of hydrogen-bond donors (Lipinski definition) is 0. The van der Waals surface area contributed by atoms with Crippen LogP contribution >= 0.6 is 0 Å². The van der Waals surface area contributed by atoms with E-state index in [4.69, 9.17) is 0 Å². The molecule has 0 unspecified atom stereocenters. The molecule has 58 heavy (non-hydrogen) atoms. The van der Waals surface area contributed by atoms with E-state index in [0.717, 1.165) is 25.7 Å². The maximum absolute atomic E-state index is 2.45. The molecule has 0 fully saturated rings. The SMILES string of the molecule is CC(=C(C)c1ccc2cc(N(c3ccc(C)cc3)c3ccc(C)cc3)cc3c2c1CC3)c1ccc2cc(N(c3ccc(C)cc3)c3ccc(C)cc3)cc3c2c1CC3. The topological polar surface area (TPSA) is 6.48 Å². The number of nitrogens with zero attached hydrogens (tertiary/aromatic N) is 2. The van der Waals surface area contributed by atoms with Crippen LogP contribution in [0.15, 0.2) is 146 Å². The summed E-state index contributed by atoms with van der Waals surface area (Å²) in [5, 5.41) is 5.55. The van der Waals surface area contributed by atoms with Crippen molar-refractivity contribution in [2.24, 2.45) is 0 Å². The first-order valence-electron chi connectivity index (χ1n) is 20.9. The minimum atomic E-state index is 1.06. The van der Waals surface area contributed by atoms with Gasteiger partial charge in [0.2, 0.25) is 0 Å².